The molecule has 166 valence electrons. The van der Waals surface area contributed by atoms with Gasteiger partial charge in [0, 0.05) is 12.3 Å². The van der Waals surface area contributed by atoms with Gasteiger partial charge in [0.05, 0.1) is 19.0 Å². The summed E-state index contributed by atoms with van der Waals surface area (Å²) in [5.74, 6) is -0.522. The van der Waals surface area contributed by atoms with Gasteiger partial charge in [-0.3, -0.25) is 9.59 Å². The van der Waals surface area contributed by atoms with Crippen molar-refractivity contribution in [2.24, 2.45) is 11.3 Å². The Balaban J connectivity index is 3.44. The van der Waals surface area contributed by atoms with Gasteiger partial charge in [0.1, 0.15) is 0 Å². The Morgan fingerprint density at radius 2 is 1.66 bits per heavy atom. The summed E-state index contributed by atoms with van der Waals surface area (Å²) in [5.41, 5.74) is -0.669. The van der Waals surface area contributed by atoms with Crippen LogP contribution in [-0.4, -0.2) is 33.5 Å². The summed E-state index contributed by atoms with van der Waals surface area (Å²) in [6, 6.07) is 0. The third kappa shape index (κ3) is 5.97. The first-order chi connectivity index (χ1) is 13.3. The Morgan fingerprint density at radius 1 is 1.14 bits per heavy atom. The van der Waals surface area contributed by atoms with Gasteiger partial charge in [-0.15, -0.1) is 6.58 Å². The molecular formula is C23H40O5Si. The second-order valence-electron chi connectivity index (χ2n) is 9.54. The van der Waals surface area contributed by atoms with Crippen molar-refractivity contribution in [1.29, 1.82) is 0 Å². The molecule has 0 aliphatic heterocycles. The lowest BCUT2D eigenvalue weighted by Gasteiger charge is -2.41. The Bertz CT molecular complexity index is 624. The van der Waals surface area contributed by atoms with Crippen LogP contribution in [0.4, 0.5) is 0 Å². The Morgan fingerprint density at radius 3 is 2.07 bits per heavy atom. The Hall–Kier alpha value is -1.56. The molecule has 0 heterocycles. The van der Waals surface area contributed by atoms with Gasteiger partial charge in [-0.25, -0.2) is 0 Å². The summed E-state index contributed by atoms with van der Waals surface area (Å²) in [6.45, 7) is 20.7. The SMILES string of the molecule is C=C(C)CC(C(=O)OCC)(C(=O)OCC)C1C=C(O[Si](C)(C)C(C)(C)C)CCC1. The van der Waals surface area contributed by atoms with Crippen molar-refractivity contribution in [2.75, 3.05) is 13.2 Å². The van der Waals surface area contributed by atoms with Crippen LogP contribution in [-0.2, 0) is 23.5 Å². The lowest BCUT2D eigenvalue weighted by Crippen LogP contribution is -2.48. The average Bonchev–Trinajstić information content (AvgIpc) is 2.58. The summed E-state index contributed by atoms with van der Waals surface area (Å²) >= 11 is 0. The van der Waals surface area contributed by atoms with E-state index in [1.165, 1.54) is 0 Å². The molecule has 0 spiro atoms. The molecule has 6 heteroatoms. The van der Waals surface area contributed by atoms with Gasteiger partial charge in [-0.05, 0) is 64.2 Å². The summed E-state index contributed by atoms with van der Waals surface area (Å²) in [5, 5.41) is 0.0673. The molecule has 0 N–H and O–H groups in total. The highest BCUT2D eigenvalue weighted by atomic mass is 28.4. The topological polar surface area (TPSA) is 61.8 Å². The minimum absolute atomic E-state index is 0.0673. The minimum Gasteiger partial charge on any atom is -0.547 e. The predicted molar refractivity (Wildman–Crippen MR) is 119 cm³/mol. The minimum atomic E-state index is -2.02. The molecule has 0 aromatic heterocycles. The third-order valence-corrected chi connectivity index (χ3v) is 10.4. The summed E-state index contributed by atoms with van der Waals surface area (Å²) in [4.78, 5) is 26.3. The first kappa shape index (κ1) is 25.5. The predicted octanol–water partition coefficient (Wildman–Crippen LogP) is 5.77. The maximum atomic E-state index is 13.1. The molecular weight excluding hydrogens is 384 g/mol. The molecule has 0 bridgehead atoms. The first-order valence-electron chi connectivity index (χ1n) is 10.7. The van der Waals surface area contributed by atoms with E-state index in [0.29, 0.717) is 6.42 Å². The fourth-order valence-electron chi connectivity index (χ4n) is 3.50. The molecule has 0 amide bonds. The molecule has 0 saturated carbocycles. The lowest BCUT2D eigenvalue weighted by molar-refractivity contribution is -0.176. The van der Waals surface area contributed by atoms with Gasteiger partial charge >= 0.3 is 11.9 Å². The van der Waals surface area contributed by atoms with Crippen LogP contribution in [0.3, 0.4) is 0 Å². The molecule has 1 atom stereocenters. The van der Waals surface area contributed by atoms with E-state index in [9.17, 15) is 9.59 Å². The van der Waals surface area contributed by atoms with Gasteiger partial charge in [-0.2, -0.15) is 0 Å². The Labute approximate surface area is 178 Å². The van der Waals surface area contributed by atoms with Gasteiger partial charge in [0.15, 0.2) is 5.41 Å². The van der Waals surface area contributed by atoms with Gasteiger partial charge in [0.2, 0.25) is 8.32 Å². The standard InChI is InChI=1S/C23H40O5Si/c1-10-26-20(24)23(16-17(3)4,21(25)27-11-2)18-13-12-14-19(15-18)28-29(8,9)22(5,6)7/h15,18H,3,10-14,16H2,1-2,4-9H3. The van der Waals surface area contributed by atoms with Crippen LogP contribution in [0.2, 0.25) is 18.1 Å². The molecule has 1 aliphatic rings. The van der Waals surface area contributed by atoms with Crippen LogP contribution in [0.1, 0.15) is 67.2 Å². The molecule has 0 saturated heterocycles. The molecule has 0 aromatic carbocycles. The van der Waals surface area contributed by atoms with Gasteiger partial charge < -0.3 is 13.9 Å². The molecule has 1 rings (SSSR count). The number of hydrogen-bond donors (Lipinski definition) is 0. The molecule has 0 aromatic rings. The number of hydrogen-bond acceptors (Lipinski definition) is 5. The van der Waals surface area contributed by atoms with Crippen LogP contribution >= 0.6 is 0 Å². The highest BCUT2D eigenvalue weighted by Gasteiger charge is 2.54. The zero-order valence-electron chi connectivity index (χ0n) is 19.6. The molecule has 29 heavy (non-hydrogen) atoms. The molecule has 1 unspecified atom stereocenters. The fraction of sp³-hybridized carbons (Fsp3) is 0.739. The molecule has 0 radical (unpaired) electrons. The number of ether oxygens (including phenoxy) is 2. The van der Waals surface area contributed by atoms with Crippen LogP contribution in [0.25, 0.3) is 0 Å². The van der Waals surface area contributed by atoms with Crippen molar-refractivity contribution < 1.29 is 23.5 Å². The second kappa shape index (κ2) is 9.96. The van der Waals surface area contributed by atoms with E-state index < -0.39 is 25.7 Å². The van der Waals surface area contributed by atoms with Gasteiger partial charge in [-0.1, -0.05) is 26.3 Å². The highest BCUT2D eigenvalue weighted by molar-refractivity contribution is 6.74. The van der Waals surface area contributed by atoms with E-state index in [1.807, 2.05) is 13.0 Å². The van der Waals surface area contributed by atoms with Crippen LogP contribution in [0.15, 0.2) is 24.0 Å². The van der Waals surface area contributed by atoms with E-state index >= 15 is 0 Å². The average molecular weight is 425 g/mol. The highest BCUT2D eigenvalue weighted by Crippen LogP contribution is 2.46. The normalized spacial score (nSPS) is 17.9. The van der Waals surface area contributed by atoms with Crippen molar-refractivity contribution in [3.05, 3.63) is 24.0 Å². The maximum absolute atomic E-state index is 13.1. The number of esters is 2. The second-order valence-corrected chi connectivity index (χ2v) is 14.3. The number of carbonyl (C=O) groups is 2. The van der Waals surface area contributed by atoms with E-state index in [0.717, 1.165) is 24.2 Å². The van der Waals surface area contributed by atoms with E-state index in [2.05, 4.69) is 40.4 Å². The zero-order chi connectivity index (χ0) is 22.5. The quantitative estimate of drug-likeness (QED) is 0.203. The van der Waals surface area contributed by atoms with Gasteiger partial charge in [0.25, 0.3) is 0 Å². The summed E-state index contributed by atoms with van der Waals surface area (Å²) < 4.78 is 17.3. The number of carbonyl (C=O) groups excluding carboxylic acids is 2. The smallest absolute Gasteiger partial charge is 0.324 e. The maximum Gasteiger partial charge on any atom is 0.324 e. The summed E-state index contributed by atoms with van der Waals surface area (Å²) in [6.07, 6.45) is 4.56. The van der Waals surface area contributed by atoms with Crippen molar-refractivity contribution in [3.63, 3.8) is 0 Å². The molecule has 0 fully saturated rings. The lowest BCUT2D eigenvalue weighted by atomic mass is 9.67. The molecule has 1 aliphatic carbocycles. The van der Waals surface area contributed by atoms with E-state index in [4.69, 9.17) is 13.9 Å². The van der Waals surface area contributed by atoms with Crippen molar-refractivity contribution in [3.8, 4) is 0 Å². The van der Waals surface area contributed by atoms with Crippen molar-refractivity contribution in [1.82, 2.24) is 0 Å². The van der Waals surface area contributed by atoms with Crippen molar-refractivity contribution >= 4 is 20.3 Å². The van der Waals surface area contributed by atoms with Crippen LogP contribution in [0.5, 0.6) is 0 Å². The first-order valence-corrected chi connectivity index (χ1v) is 13.6. The fourth-order valence-corrected chi connectivity index (χ4v) is 4.63. The van der Waals surface area contributed by atoms with Crippen molar-refractivity contribution in [2.45, 2.75) is 85.4 Å². The number of allylic oxidation sites excluding steroid dienone is 3. The van der Waals surface area contributed by atoms with E-state index in [-0.39, 0.29) is 30.6 Å². The van der Waals surface area contributed by atoms with Crippen LogP contribution in [0, 0.1) is 11.3 Å². The van der Waals surface area contributed by atoms with E-state index in [1.54, 1.807) is 13.8 Å². The monoisotopic (exact) mass is 424 g/mol. The number of rotatable bonds is 9. The summed E-state index contributed by atoms with van der Waals surface area (Å²) in [7, 11) is -2.02. The van der Waals surface area contributed by atoms with Crippen LogP contribution < -0.4 is 0 Å². The largest absolute Gasteiger partial charge is 0.547 e. The Kier molecular flexibility index (Phi) is 8.75. The zero-order valence-corrected chi connectivity index (χ0v) is 20.6. The third-order valence-electron chi connectivity index (χ3n) is 6.01. The molecule has 5 nitrogen and oxygen atoms in total.